The van der Waals surface area contributed by atoms with Gasteiger partial charge in [-0.2, -0.15) is 12.6 Å². The van der Waals surface area contributed by atoms with Crippen molar-refractivity contribution in [2.45, 2.75) is 49.6 Å². The molecule has 0 bridgehead atoms. The highest BCUT2D eigenvalue weighted by molar-refractivity contribution is 7.99. The summed E-state index contributed by atoms with van der Waals surface area (Å²) in [5.41, 5.74) is 1.04. The first-order valence-electron chi connectivity index (χ1n) is 9.63. The zero-order valence-electron chi connectivity index (χ0n) is 15.6. The van der Waals surface area contributed by atoms with Crippen molar-refractivity contribution in [3.05, 3.63) is 35.9 Å². The van der Waals surface area contributed by atoms with E-state index in [0.717, 1.165) is 18.4 Å². The van der Waals surface area contributed by atoms with Gasteiger partial charge in [0, 0.05) is 5.75 Å². The molecule has 0 spiro atoms. The quantitative estimate of drug-likeness (QED) is 0.612. The number of nitrogens with one attached hydrogen (secondary N) is 1. The van der Waals surface area contributed by atoms with Crippen LogP contribution < -0.4 is 5.32 Å². The van der Waals surface area contributed by atoms with E-state index in [-0.39, 0.29) is 23.1 Å². The molecule has 2 saturated heterocycles. The number of carbonyl (C=O) groups is 3. The van der Waals surface area contributed by atoms with E-state index < -0.39 is 18.1 Å². The molecule has 2 N–H and O–H groups in total. The molecule has 4 unspecified atom stereocenters. The zero-order chi connectivity index (χ0) is 20.1. The zero-order valence-corrected chi connectivity index (χ0v) is 17.3. The second kappa shape index (κ2) is 9.69. The molecule has 2 fully saturated rings. The summed E-state index contributed by atoms with van der Waals surface area (Å²) < 4.78 is 0. The highest BCUT2D eigenvalue weighted by atomic mass is 32.2. The fourth-order valence-corrected chi connectivity index (χ4v) is 5.54. The minimum absolute atomic E-state index is 0.116. The van der Waals surface area contributed by atoms with E-state index in [1.165, 1.54) is 4.90 Å². The van der Waals surface area contributed by atoms with E-state index >= 15 is 0 Å². The van der Waals surface area contributed by atoms with Crippen molar-refractivity contribution < 1.29 is 19.5 Å². The number of nitrogens with zero attached hydrogens (tertiary/aromatic N) is 1. The fourth-order valence-electron chi connectivity index (χ4n) is 3.85. The molecule has 0 aromatic heterocycles. The smallest absolute Gasteiger partial charge is 0.326 e. The lowest BCUT2D eigenvalue weighted by molar-refractivity contribution is -0.154. The Labute approximate surface area is 174 Å². The van der Waals surface area contributed by atoms with E-state index in [1.54, 1.807) is 11.8 Å². The summed E-state index contributed by atoms with van der Waals surface area (Å²) in [5.74, 6) is -0.697. The molecule has 1 aromatic carbocycles. The predicted octanol–water partition coefficient (Wildman–Crippen LogP) is 2.19. The van der Waals surface area contributed by atoms with Crippen LogP contribution in [0.2, 0.25) is 0 Å². The van der Waals surface area contributed by atoms with Crippen molar-refractivity contribution in [2.75, 3.05) is 11.5 Å². The molecule has 1 aromatic rings. The Kier molecular flexibility index (Phi) is 7.29. The number of thiol groups is 1. The van der Waals surface area contributed by atoms with E-state index in [9.17, 15) is 19.5 Å². The van der Waals surface area contributed by atoms with E-state index in [4.69, 9.17) is 0 Å². The SMILES string of the molecule is O=C(NC1CCSC2CCCC(C(=O)O)N2C1=O)C(CS)Cc1ccccc1. The van der Waals surface area contributed by atoms with Crippen molar-refractivity contribution in [2.24, 2.45) is 5.92 Å². The molecule has 6 nitrogen and oxygen atoms in total. The number of hydrogen-bond acceptors (Lipinski definition) is 5. The molecule has 2 amide bonds. The van der Waals surface area contributed by atoms with Gasteiger partial charge < -0.3 is 15.3 Å². The van der Waals surface area contributed by atoms with Crippen LogP contribution in [0, 0.1) is 5.92 Å². The molecular weight excluding hydrogens is 396 g/mol. The number of carboxylic acid groups (broad SMARTS) is 1. The number of carbonyl (C=O) groups excluding carboxylic acids is 2. The second-order valence-corrected chi connectivity index (χ2v) is 8.93. The van der Waals surface area contributed by atoms with Crippen molar-refractivity contribution in [3.8, 4) is 0 Å². The first kappa shape index (κ1) is 21.0. The van der Waals surface area contributed by atoms with Gasteiger partial charge in [0.25, 0.3) is 0 Å². The molecule has 2 aliphatic heterocycles. The van der Waals surface area contributed by atoms with E-state index in [0.29, 0.717) is 30.8 Å². The molecular formula is C20H26N2O4S2. The lowest BCUT2D eigenvalue weighted by Gasteiger charge is -2.39. The molecule has 2 aliphatic rings. The number of hydrogen-bond donors (Lipinski definition) is 3. The molecule has 0 aliphatic carbocycles. The third-order valence-corrected chi connectivity index (χ3v) is 7.12. The molecule has 28 heavy (non-hydrogen) atoms. The van der Waals surface area contributed by atoms with Crippen LogP contribution in [0.25, 0.3) is 0 Å². The van der Waals surface area contributed by atoms with Crippen LogP contribution in [0.1, 0.15) is 31.2 Å². The minimum atomic E-state index is -0.970. The van der Waals surface area contributed by atoms with Crippen LogP contribution in [-0.2, 0) is 20.8 Å². The highest BCUT2D eigenvalue weighted by Crippen LogP contribution is 2.34. The summed E-state index contributed by atoms with van der Waals surface area (Å²) in [6.45, 7) is 0. The summed E-state index contributed by atoms with van der Waals surface area (Å²) in [4.78, 5) is 39.1. The van der Waals surface area contributed by atoms with Gasteiger partial charge in [0.15, 0.2) is 0 Å². The van der Waals surface area contributed by atoms with Gasteiger partial charge in [0.2, 0.25) is 11.8 Å². The number of carboxylic acids is 1. The summed E-state index contributed by atoms with van der Waals surface area (Å²) in [6.07, 6.45) is 3.13. The number of thioether (sulfide) groups is 1. The van der Waals surface area contributed by atoms with Crippen molar-refractivity contribution in [1.29, 1.82) is 0 Å². The third-order valence-electron chi connectivity index (χ3n) is 5.36. The van der Waals surface area contributed by atoms with Gasteiger partial charge in [-0.15, -0.1) is 11.8 Å². The molecule has 8 heteroatoms. The topological polar surface area (TPSA) is 86.7 Å². The number of amides is 2. The Bertz CT molecular complexity index is 715. The summed E-state index contributed by atoms with van der Waals surface area (Å²) in [7, 11) is 0. The first-order chi connectivity index (χ1) is 13.5. The average Bonchev–Trinajstić information content (AvgIpc) is 2.86. The molecule has 4 atom stereocenters. The molecule has 3 rings (SSSR count). The van der Waals surface area contributed by atoms with E-state index in [2.05, 4.69) is 17.9 Å². The molecule has 0 radical (unpaired) electrons. The van der Waals surface area contributed by atoms with Crippen LogP contribution in [-0.4, -0.2) is 56.8 Å². The molecule has 152 valence electrons. The predicted molar refractivity (Wildman–Crippen MR) is 112 cm³/mol. The molecule has 2 heterocycles. The average molecular weight is 423 g/mol. The van der Waals surface area contributed by atoms with Gasteiger partial charge in [0.1, 0.15) is 12.1 Å². The van der Waals surface area contributed by atoms with Crippen LogP contribution >= 0.6 is 24.4 Å². The Hall–Kier alpha value is -1.67. The maximum Gasteiger partial charge on any atom is 0.326 e. The van der Waals surface area contributed by atoms with Gasteiger partial charge in [-0.3, -0.25) is 9.59 Å². The Morgan fingerprint density at radius 3 is 2.68 bits per heavy atom. The number of rotatable bonds is 6. The number of piperidine rings is 1. The fraction of sp³-hybridized carbons (Fsp3) is 0.550. The maximum absolute atomic E-state index is 13.1. The van der Waals surface area contributed by atoms with Gasteiger partial charge in [-0.1, -0.05) is 30.3 Å². The van der Waals surface area contributed by atoms with Gasteiger partial charge in [-0.25, -0.2) is 4.79 Å². The molecule has 0 saturated carbocycles. The van der Waals surface area contributed by atoms with Crippen LogP contribution in [0.3, 0.4) is 0 Å². The normalized spacial score (nSPS) is 26.1. The summed E-state index contributed by atoms with van der Waals surface area (Å²) in [5, 5.41) is 12.3. The van der Waals surface area contributed by atoms with Crippen molar-refractivity contribution >= 4 is 42.2 Å². The first-order valence-corrected chi connectivity index (χ1v) is 11.3. The Morgan fingerprint density at radius 1 is 1.25 bits per heavy atom. The standard InChI is InChI=1S/C20H26N2O4S2/c23-18(14(12-27)11-13-5-2-1-3-6-13)21-15-9-10-28-17-8-4-7-16(20(25)26)22(17)19(15)24/h1-3,5-6,14-17,27H,4,7-12H2,(H,21,23)(H,25,26). The van der Waals surface area contributed by atoms with Crippen molar-refractivity contribution in [1.82, 2.24) is 10.2 Å². The van der Waals surface area contributed by atoms with Gasteiger partial charge >= 0.3 is 5.97 Å². The highest BCUT2D eigenvalue weighted by Gasteiger charge is 2.43. The largest absolute Gasteiger partial charge is 0.480 e. The van der Waals surface area contributed by atoms with E-state index in [1.807, 2.05) is 30.3 Å². The van der Waals surface area contributed by atoms with Gasteiger partial charge in [0.05, 0.1) is 11.3 Å². The second-order valence-electron chi connectivity index (χ2n) is 7.27. The number of fused-ring (bicyclic) bond motifs is 1. The van der Waals surface area contributed by atoms with Crippen molar-refractivity contribution in [3.63, 3.8) is 0 Å². The Morgan fingerprint density at radius 2 is 2.00 bits per heavy atom. The Balaban J connectivity index is 1.70. The summed E-state index contributed by atoms with van der Waals surface area (Å²) >= 11 is 5.94. The van der Waals surface area contributed by atoms with Crippen LogP contribution in [0.5, 0.6) is 0 Å². The number of aliphatic carboxylic acids is 1. The minimum Gasteiger partial charge on any atom is -0.480 e. The lowest BCUT2D eigenvalue weighted by atomic mass is 9.98. The third kappa shape index (κ3) is 4.84. The van der Waals surface area contributed by atoms with Gasteiger partial charge in [-0.05, 0) is 43.4 Å². The van der Waals surface area contributed by atoms with Crippen LogP contribution in [0.4, 0.5) is 0 Å². The summed E-state index contributed by atoms with van der Waals surface area (Å²) in [6, 6.07) is 8.23. The lowest BCUT2D eigenvalue weighted by Crippen LogP contribution is -2.57. The maximum atomic E-state index is 13.1. The monoisotopic (exact) mass is 422 g/mol. The number of benzene rings is 1. The van der Waals surface area contributed by atoms with Crippen LogP contribution in [0.15, 0.2) is 30.3 Å².